The van der Waals surface area contributed by atoms with E-state index in [1.54, 1.807) is 51.3 Å². The Morgan fingerprint density at radius 3 is 2.60 bits per heavy atom. The van der Waals surface area contributed by atoms with Crippen LogP contribution in [0.3, 0.4) is 0 Å². The van der Waals surface area contributed by atoms with Gasteiger partial charge in [-0.3, -0.25) is 14.6 Å². The van der Waals surface area contributed by atoms with Gasteiger partial charge in [-0.05, 0) is 49.6 Å². The van der Waals surface area contributed by atoms with Crippen molar-refractivity contribution in [3.63, 3.8) is 0 Å². The van der Waals surface area contributed by atoms with Crippen LogP contribution in [0.5, 0.6) is 5.75 Å². The summed E-state index contributed by atoms with van der Waals surface area (Å²) < 4.78 is 6.57. The number of nitrogens with zero attached hydrogens (tertiary/aromatic N) is 3. The van der Waals surface area contributed by atoms with Gasteiger partial charge in [0, 0.05) is 22.9 Å². The Morgan fingerprint density at radius 2 is 1.97 bits per heavy atom. The molecular formula is C21H19N5O3S. The quantitative estimate of drug-likeness (QED) is 0.513. The van der Waals surface area contributed by atoms with Crippen LogP contribution in [0.4, 0.5) is 5.82 Å². The third-order valence-electron chi connectivity index (χ3n) is 4.66. The SMILES string of the molecule is COc1ccc(C(=O)Nc2cc(-c3cccs3)nn2-c2nc(C)c(C)c(=O)[nH]2)cc1. The summed E-state index contributed by atoms with van der Waals surface area (Å²) in [7, 11) is 1.57. The maximum Gasteiger partial charge on any atom is 0.256 e. The van der Waals surface area contributed by atoms with Crippen molar-refractivity contribution in [2.45, 2.75) is 13.8 Å². The fourth-order valence-electron chi connectivity index (χ4n) is 2.84. The van der Waals surface area contributed by atoms with E-state index in [9.17, 15) is 9.59 Å². The topological polar surface area (TPSA) is 102 Å². The molecule has 0 saturated carbocycles. The summed E-state index contributed by atoms with van der Waals surface area (Å²) in [6.45, 7) is 3.46. The molecule has 8 nitrogen and oxygen atoms in total. The molecule has 0 atom stereocenters. The Morgan fingerprint density at radius 1 is 1.20 bits per heavy atom. The minimum atomic E-state index is -0.317. The molecule has 0 bridgehead atoms. The number of benzene rings is 1. The Hall–Kier alpha value is -3.72. The van der Waals surface area contributed by atoms with Gasteiger partial charge in [0.25, 0.3) is 11.5 Å². The van der Waals surface area contributed by atoms with Crippen LogP contribution in [-0.2, 0) is 0 Å². The van der Waals surface area contributed by atoms with E-state index in [0.717, 1.165) is 4.88 Å². The van der Waals surface area contributed by atoms with Gasteiger partial charge in [0.05, 0.1) is 12.0 Å². The lowest BCUT2D eigenvalue weighted by Crippen LogP contribution is -2.20. The van der Waals surface area contributed by atoms with E-state index < -0.39 is 0 Å². The van der Waals surface area contributed by atoms with E-state index in [0.29, 0.717) is 34.1 Å². The monoisotopic (exact) mass is 421 g/mol. The van der Waals surface area contributed by atoms with Gasteiger partial charge in [0.15, 0.2) is 0 Å². The lowest BCUT2D eigenvalue weighted by Gasteiger charge is -2.09. The number of hydrogen-bond donors (Lipinski definition) is 2. The normalized spacial score (nSPS) is 10.8. The molecule has 1 aromatic carbocycles. The number of nitrogens with one attached hydrogen (secondary N) is 2. The van der Waals surface area contributed by atoms with Crippen molar-refractivity contribution in [2.24, 2.45) is 0 Å². The molecule has 152 valence electrons. The van der Waals surface area contributed by atoms with Crippen LogP contribution in [0.2, 0.25) is 0 Å². The van der Waals surface area contributed by atoms with Gasteiger partial charge < -0.3 is 10.1 Å². The molecular weight excluding hydrogens is 402 g/mol. The number of H-pyrrole nitrogens is 1. The number of anilines is 1. The molecule has 1 amide bonds. The van der Waals surface area contributed by atoms with Crippen molar-refractivity contribution in [3.05, 3.63) is 75.0 Å². The largest absolute Gasteiger partial charge is 0.497 e. The maximum absolute atomic E-state index is 12.8. The molecule has 2 N–H and O–H groups in total. The third-order valence-corrected chi connectivity index (χ3v) is 5.55. The van der Waals surface area contributed by atoms with Gasteiger partial charge in [-0.1, -0.05) is 6.07 Å². The summed E-state index contributed by atoms with van der Waals surface area (Å²) in [4.78, 5) is 33.2. The number of aromatic nitrogens is 4. The van der Waals surface area contributed by atoms with Crippen LogP contribution < -0.4 is 15.6 Å². The summed E-state index contributed by atoms with van der Waals surface area (Å²) in [5.74, 6) is 0.970. The highest BCUT2D eigenvalue weighted by molar-refractivity contribution is 7.13. The molecule has 3 aromatic heterocycles. The predicted octanol–water partition coefficient (Wildman–Crippen LogP) is 3.56. The molecule has 4 aromatic rings. The average Bonchev–Trinajstić information content (AvgIpc) is 3.41. The number of carbonyl (C=O) groups excluding carboxylic acids is 1. The number of amides is 1. The maximum atomic E-state index is 12.8. The second-order valence-electron chi connectivity index (χ2n) is 6.59. The first-order valence-electron chi connectivity index (χ1n) is 9.13. The second-order valence-corrected chi connectivity index (χ2v) is 7.53. The first-order valence-corrected chi connectivity index (χ1v) is 10.0. The van der Waals surface area contributed by atoms with Crippen molar-refractivity contribution >= 4 is 23.1 Å². The van der Waals surface area contributed by atoms with Gasteiger partial charge in [-0.2, -0.15) is 9.78 Å². The van der Waals surface area contributed by atoms with E-state index in [1.165, 1.54) is 16.0 Å². The third kappa shape index (κ3) is 3.74. The van der Waals surface area contributed by atoms with E-state index in [4.69, 9.17) is 4.74 Å². The number of carbonyl (C=O) groups is 1. The average molecular weight is 421 g/mol. The number of rotatable bonds is 5. The highest BCUT2D eigenvalue weighted by atomic mass is 32.1. The number of ether oxygens (including phenoxy) is 1. The van der Waals surface area contributed by atoms with Gasteiger partial charge in [0.1, 0.15) is 17.3 Å². The van der Waals surface area contributed by atoms with Crippen LogP contribution in [-0.4, -0.2) is 32.8 Å². The Labute approximate surface area is 176 Å². The van der Waals surface area contributed by atoms with Crippen LogP contribution in [0.1, 0.15) is 21.6 Å². The standard InChI is InChI=1S/C21H19N5O3S/c1-12-13(2)22-21(24-19(12)27)26-18(11-16(25-26)17-5-4-10-30-17)23-20(28)14-6-8-15(29-3)9-7-14/h4-11H,1-3H3,(H,23,28)(H,22,24,27). The number of aryl methyl sites for hydroxylation is 1. The molecule has 0 aliphatic heterocycles. The molecule has 0 spiro atoms. The minimum absolute atomic E-state index is 0.232. The fraction of sp³-hybridized carbons (Fsp3) is 0.143. The van der Waals surface area contributed by atoms with Crippen LogP contribution in [0, 0.1) is 13.8 Å². The smallest absolute Gasteiger partial charge is 0.256 e. The zero-order chi connectivity index (χ0) is 21.3. The molecule has 3 heterocycles. The van der Waals surface area contributed by atoms with Gasteiger partial charge in [-0.25, -0.2) is 4.98 Å². The molecule has 0 aliphatic rings. The summed E-state index contributed by atoms with van der Waals surface area (Å²) in [5.41, 5.74) is 2.00. The van der Waals surface area contributed by atoms with Crippen molar-refractivity contribution < 1.29 is 9.53 Å². The molecule has 0 saturated heterocycles. The summed E-state index contributed by atoms with van der Waals surface area (Å²) in [6.07, 6.45) is 0. The summed E-state index contributed by atoms with van der Waals surface area (Å²) in [6, 6.07) is 12.4. The first kappa shape index (κ1) is 19.6. The van der Waals surface area contributed by atoms with Crippen molar-refractivity contribution in [1.29, 1.82) is 0 Å². The summed E-state index contributed by atoms with van der Waals surface area (Å²) in [5, 5.41) is 9.38. The van der Waals surface area contributed by atoms with E-state index >= 15 is 0 Å². The molecule has 30 heavy (non-hydrogen) atoms. The minimum Gasteiger partial charge on any atom is -0.497 e. The molecule has 0 aliphatic carbocycles. The van der Waals surface area contributed by atoms with Crippen LogP contribution in [0.25, 0.3) is 16.5 Å². The molecule has 0 radical (unpaired) electrons. The summed E-state index contributed by atoms with van der Waals surface area (Å²) >= 11 is 1.53. The Balaban J connectivity index is 1.76. The molecule has 0 fully saturated rings. The van der Waals surface area contributed by atoms with Crippen molar-refractivity contribution in [1.82, 2.24) is 19.7 Å². The highest BCUT2D eigenvalue weighted by Gasteiger charge is 2.17. The fourth-order valence-corrected chi connectivity index (χ4v) is 3.52. The van der Waals surface area contributed by atoms with E-state index in [1.807, 2.05) is 17.5 Å². The first-order chi connectivity index (χ1) is 14.5. The van der Waals surface area contributed by atoms with Crippen LogP contribution >= 0.6 is 11.3 Å². The number of hydrogen-bond acceptors (Lipinski definition) is 6. The lowest BCUT2D eigenvalue weighted by atomic mass is 10.2. The molecule has 0 unspecified atom stereocenters. The number of aromatic amines is 1. The van der Waals surface area contributed by atoms with E-state index in [2.05, 4.69) is 20.4 Å². The molecule has 4 rings (SSSR count). The Bertz CT molecular complexity index is 1260. The van der Waals surface area contributed by atoms with Crippen molar-refractivity contribution in [3.8, 4) is 22.3 Å². The number of methoxy groups -OCH3 is 1. The van der Waals surface area contributed by atoms with Gasteiger partial charge in [0.2, 0.25) is 5.95 Å². The van der Waals surface area contributed by atoms with Gasteiger partial charge in [-0.15, -0.1) is 11.3 Å². The highest BCUT2D eigenvalue weighted by Crippen LogP contribution is 2.27. The lowest BCUT2D eigenvalue weighted by molar-refractivity contribution is 0.102. The molecule has 9 heteroatoms. The zero-order valence-electron chi connectivity index (χ0n) is 16.6. The van der Waals surface area contributed by atoms with E-state index in [-0.39, 0.29) is 17.4 Å². The van der Waals surface area contributed by atoms with Crippen LogP contribution in [0.15, 0.2) is 52.6 Å². The Kier molecular flexibility index (Phi) is 5.20. The second kappa shape index (κ2) is 7.96. The predicted molar refractivity (Wildman–Crippen MR) is 116 cm³/mol. The number of thiophene rings is 1. The zero-order valence-corrected chi connectivity index (χ0v) is 17.4. The van der Waals surface area contributed by atoms with Crippen molar-refractivity contribution in [2.75, 3.05) is 12.4 Å². The van der Waals surface area contributed by atoms with Gasteiger partial charge >= 0.3 is 0 Å².